The lowest BCUT2D eigenvalue weighted by Crippen LogP contribution is -2.31. The van der Waals surface area contributed by atoms with E-state index in [4.69, 9.17) is 5.84 Å². The van der Waals surface area contributed by atoms with E-state index >= 15 is 0 Å². The fourth-order valence-electron chi connectivity index (χ4n) is 1.46. The number of rotatable bonds is 2. The first kappa shape index (κ1) is 12.7. The number of hydrogen-bond donors (Lipinski definition) is 2. The second-order valence-electron chi connectivity index (χ2n) is 3.57. The molecule has 92 valence electrons. The van der Waals surface area contributed by atoms with Crippen LogP contribution in [0.4, 0.5) is 10.1 Å². The number of benzene rings is 2. The van der Waals surface area contributed by atoms with Crippen LogP contribution in [0.25, 0.3) is 0 Å². The Balaban J connectivity index is 2.39. The molecule has 0 spiro atoms. The second kappa shape index (κ2) is 5.75. The Morgan fingerprint density at radius 3 is 2.50 bits per heavy atom. The molecule has 0 aliphatic rings. The highest BCUT2D eigenvalue weighted by Gasteiger charge is 2.06. The summed E-state index contributed by atoms with van der Waals surface area (Å²) in [6.45, 7) is 0. The van der Waals surface area contributed by atoms with Crippen molar-refractivity contribution >= 4 is 27.5 Å². The van der Waals surface area contributed by atoms with Crippen molar-refractivity contribution < 1.29 is 4.39 Å². The van der Waals surface area contributed by atoms with Gasteiger partial charge in [0.15, 0.2) is 0 Å². The molecule has 18 heavy (non-hydrogen) atoms. The average molecular weight is 308 g/mol. The number of aliphatic imine (C=N–C) groups is 1. The van der Waals surface area contributed by atoms with Gasteiger partial charge < -0.3 is 5.43 Å². The van der Waals surface area contributed by atoms with Gasteiger partial charge in [-0.25, -0.2) is 15.2 Å². The van der Waals surface area contributed by atoms with Gasteiger partial charge in [-0.05, 0) is 46.3 Å². The first-order valence-electron chi connectivity index (χ1n) is 5.26. The highest BCUT2D eigenvalue weighted by Crippen LogP contribution is 2.18. The first-order valence-corrected chi connectivity index (χ1v) is 6.06. The molecular weight excluding hydrogens is 297 g/mol. The molecule has 0 heterocycles. The van der Waals surface area contributed by atoms with Crippen LogP contribution in [-0.4, -0.2) is 5.84 Å². The molecule has 0 fully saturated rings. The third-order valence-electron chi connectivity index (χ3n) is 2.33. The maximum atomic E-state index is 13.4. The minimum Gasteiger partial charge on any atom is -0.308 e. The number of hydrazine groups is 1. The van der Waals surface area contributed by atoms with Crippen molar-refractivity contribution in [3.63, 3.8) is 0 Å². The molecule has 3 N–H and O–H groups in total. The summed E-state index contributed by atoms with van der Waals surface area (Å²) in [4.78, 5) is 4.32. The molecular formula is C13H11BrFN3. The lowest BCUT2D eigenvalue weighted by molar-refractivity contribution is 0.620. The topological polar surface area (TPSA) is 50.4 Å². The molecule has 0 saturated heterocycles. The average Bonchev–Trinajstić information content (AvgIpc) is 2.40. The van der Waals surface area contributed by atoms with Gasteiger partial charge in [0.05, 0.1) is 10.2 Å². The summed E-state index contributed by atoms with van der Waals surface area (Å²) in [7, 11) is 0. The van der Waals surface area contributed by atoms with E-state index in [1.54, 1.807) is 12.1 Å². The fourth-order valence-corrected chi connectivity index (χ4v) is 1.70. The van der Waals surface area contributed by atoms with Gasteiger partial charge in [0.25, 0.3) is 0 Å². The number of para-hydroxylation sites is 1. The lowest BCUT2D eigenvalue weighted by Gasteiger charge is -2.06. The van der Waals surface area contributed by atoms with Crippen molar-refractivity contribution in [2.75, 3.05) is 0 Å². The van der Waals surface area contributed by atoms with Gasteiger partial charge in [-0.3, -0.25) is 0 Å². The third-order valence-corrected chi connectivity index (χ3v) is 2.97. The molecule has 2 aromatic rings. The van der Waals surface area contributed by atoms with Gasteiger partial charge in [0.2, 0.25) is 0 Å². The van der Waals surface area contributed by atoms with E-state index in [9.17, 15) is 4.39 Å². The monoisotopic (exact) mass is 307 g/mol. The van der Waals surface area contributed by atoms with Crippen LogP contribution in [0.1, 0.15) is 5.56 Å². The van der Waals surface area contributed by atoms with E-state index in [0.29, 0.717) is 15.9 Å². The van der Waals surface area contributed by atoms with Crippen LogP contribution in [0.3, 0.4) is 0 Å². The Labute approximate surface area is 113 Å². The second-order valence-corrected chi connectivity index (χ2v) is 4.42. The molecule has 0 aliphatic carbocycles. The van der Waals surface area contributed by atoms with Gasteiger partial charge in [-0.2, -0.15) is 0 Å². The summed E-state index contributed by atoms with van der Waals surface area (Å²) in [6.07, 6.45) is 0. The van der Waals surface area contributed by atoms with Crippen molar-refractivity contribution in [2.45, 2.75) is 0 Å². The highest BCUT2D eigenvalue weighted by atomic mass is 79.9. The first-order chi connectivity index (χ1) is 8.70. The molecule has 0 atom stereocenters. The van der Waals surface area contributed by atoms with Crippen molar-refractivity contribution in [2.24, 2.45) is 10.8 Å². The zero-order valence-electron chi connectivity index (χ0n) is 9.40. The number of nitrogens with one attached hydrogen (secondary N) is 1. The predicted molar refractivity (Wildman–Crippen MR) is 74.1 cm³/mol. The molecule has 0 aromatic heterocycles. The van der Waals surface area contributed by atoms with E-state index in [2.05, 4.69) is 26.3 Å². The molecule has 0 unspecified atom stereocenters. The molecule has 5 heteroatoms. The Bertz CT molecular complexity index is 570. The van der Waals surface area contributed by atoms with Crippen molar-refractivity contribution in [1.29, 1.82) is 0 Å². The summed E-state index contributed by atoms with van der Waals surface area (Å²) in [5.74, 6) is 5.48. The summed E-state index contributed by atoms with van der Waals surface area (Å²) in [5.41, 5.74) is 3.81. The maximum Gasteiger partial charge on any atom is 0.148 e. The van der Waals surface area contributed by atoms with Gasteiger partial charge in [0, 0.05) is 5.56 Å². The van der Waals surface area contributed by atoms with Gasteiger partial charge in [0.1, 0.15) is 11.7 Å². The van der Waals surface area contributed by atoms with Crippen LogP contribution in [-0.2, 0) is 0 Å². The van der Waals surface area contributed by atoms with Crippen LogP contribution in [0.5, 0.6) is 0 Å². The zero-order chi connectivity index (χ0) is 13.0. The lowest BCUT2D eigenvalue weighted by atomic mass is 10.2. The van der Waals surface area contributed by atoms with Crippen LogP contribution in [0, 0.1) is 5.82 Å². The Morgan fingerprint density at radius 2 is 1.89 bits per heavy atom. The Morgan fingerprint density at radius 1 is 1.17 bits per heavy atom. The summed E-state index contributed by atoms with van der Waals surface area (Å²) in [6, 6.07) is 14.0. The number of nitrogens with zero attached hydrogens (tertiary/aromatic N) is 1. The molecule has 0 saturated carbocycles. The van der Waals surface area contributed by atoms with Gasteiger partial charge in [-0.1, -0.05) is 18.2 Å². The molecule has 2 rings (SSSR count). The van der Waals surface area contributed by atoms with Crippen molar-refractivity contribution in [1.82, 2.24) is 5.43 Å². The van der Waals surface area contributed by atoms with Crippen molar-refractivity contribution in [3.05, 3.63) is 64.4 Å². The Kier molecular flexibility index (Phi) is 4.07. The van der Waals surface area contributed by atoms with Crippen LogP contribution >= 0.6 is 15.9 Å². The van der Waals surface area contributed by atoms with E-state index in [0.717, 1.165) is 5.69 Å². The SMILES string of the molecule is NNC(=Nc1ccccc1)c1ccc(Br)c(F)c1. The summed E-state index contributed by atoms with van der Waals surface area (Å²) >= 11 is 3.10. The molecule has 0 bridgehead atoms. The van der Waals surface area contributed by atoms with Crippen LogP contribution < -0.4 is 11.3 Å². The summed E-state index contributed by atoms with van der Waals surface area (Å²) in [5, 5.41) is 0. The predicted octanol–water partition coefficient (Wildman–Crippen LogP) is 3.13. The Hall–Kier alpha value is -1.72. The van der Waals surface area contributed by atoms with Crippen molar-refractivity contribution in [3.8, 4) is 0 Å². The van der Waals surface area contributed by atoms with E-state index in [1.165, 1.54) is 6.07 Å². The molecule has 3 nitrogen and oxygen atoms in total. The van der Waals surface area contributed by atoms with Crippen LogP contribution in [0.15, 0.2) is 58.0 Å². The maximum absolute atomic E-state index is 13.4. The van der Waals surface area contributed by atoms with E-state index in [-0.39, 0.29) is 5.82 Å². The number of halogens is 2. The van der Waals surface area contributed by atoms with Gasteiger partial charge in [-0.15, -0.1) is 0 Å². The number of nitrogens with two attached hydrogens (primary N) is 1. The van der Waals surface area contributed by atoms with Crippen LogP contribution in [0.2, 0.25) is 0 Å². The van der Waals surface area contributed by atoms with E-state index < -0.39 is 0 Å². The van der Waals surface area contributed by atoms with Gasteiger partial charge >= 0.3 is 0 Å². The minimum absolute atomic E-state index is 0.358. The van der Waals surface area contributed by atoms with E-state index in [1.807, 2.05) is 30.3 Å². The minimum atomic E-state index is -0.358. The molecule has 0 amide bonds. The highest BCUT2D eigenvalue weighted by molar-refractivity contribution is 9.10. The molecule has 0 aliphatic heterocycles. The quantitative estimate of drug-likeness (QED) is 0.387. The normalized spacial score (nSPS) is 11.4. The zero-order valence-corrected chi connectivity index (χ0v) is 11.0. The number of hydrogen-bond acceptors (Lipinski definition) is 2. The third kappa shape index (κ3) is 2.94. The standard InChI is InChI=1S/C13H11BrFN3/c14-11-7-6-9(8-12(11)15)13(18-16)17-10-4-2-1-3-5-10/h1-8H,16H2,(H,17,18). The molecule has 2 aromatic carbocycles. The number of amidine groups is 1. The fraction of sp³-hybridized carbons (Fsp3) is 0. The summed E-state index contributed by atoms with van der Waals surface area (Å²) < 4.78 is 13.8. The largest absolute Gasteiger partial charge is 0.308 e. The smallest absolute Gasteiger partial charge is 0.148 e. The molecule has 0 radical (unpaired) electrons.